The van der Waals surface area contributed by atoms with E-state index in [0.717, 1.165) is 36.4 Å². The van der Waals surface area contributed by atoms with Gasteiger partial charge < -0.3 is 19.1 Å². The molecule has 0 unspecified atom stereocenters. The number of carbonyl (C=O) groups excluding carboxylic acids is 1. The molecule has 1 aromatic carbocycles. The number of aromatic nitrogens is 1. The van der Waals surface area contributed by atoms with Crippen molar-refractivity contribution >= 4 is 22.7 Å². The van der Waals surface area contributed by atoms with Crippen LogP contribution < -0.4 is 4.90 Å². The number of nitrogens with zero attached hydrogens (tertiary/aromatic N) is 4. The standard InChI is InChI=1S/C24H28N4O2/c1-16-6-4-5-7-18(16)23-20-14-27(24-19-9-11-30-21(19)8-10-25-24)12-17(20)13-28(23)22(29)15-26(2)3/h4-11,17,20,23H,12-15H2,1-3H3/t17-,20-,23+/m1/s1. The van der Waals surface area contributed by atoms with Crippen LogP contribution in [0, 0.1) is 18.8 Å². The number of benzene rings is 1. The van der Waals surface area contributed by atoms with E-state index >= 15 is 0 Å². The third kappa shape index (κ3) is 3.16. The van der Waals surface area contributed by atoms with Crippen molar-refractivity contribution < 1.29 is 9.21 Å². The summed E-state index contributed by atoms with van der Waals surface area (Å²) in [5.74, 6) is 2.03. The summed E-state index contributed by atoms with van der Waals surface area (Å²) in [6, 6.07) is 12.5. The molecule has 1 amide bonds. The van der Waals surface area contributed by atoms with Gasteiger partial charge in [-0.2, -0.15) is 0 Å². The Morgan fingerprint density at radius 1 is 1.17 bits per heavy atom. The first-order valence-electron chi connectivity index (χ1n) is 10.6. The largest absolute Gasteiger partial charge is 0.464 e. The number of hydrogen-bond donors (Lipinski definition) is 0. The summed E-state index contributed by atoms with van der Waals surface area (Å²) >= 11 is 0. The average molecular weight is 405 g/mol. The molecule has 6 heteroatoms. The van der Waals surface area contributed by atoms with Crippen LogP contribution in [0.2, 0.25) is 0 Å². The van der Waals surface area contributed by atoms with Gasteiger partial charge in [-0.15, -0.1) is 0 Å². The molecule has 2 aliphatic rings. The Morgan fingerprint density at radius 2 is 2.00 bits per heavy atom. The molecule has 0 radical (unpaired) electrons. The van der Waals surface area contributed by atoms with Gasteiger partial charge in [0.1, 0.15) is 11.4 Å². The zero-order chi connectivity index (χ0) is 20.8. The summed E-state index contributed by atoms with van der Waals surface area (Å²) in [6.45, 7) is 5.20. The van der Waals surface area contributed by atoms with Gasteiger partial charge in [0.05, 0.1) is 24.2 Å². The van der Waals surface area contributed by atoms with Crippen LogP contribution >= 0.6 is 0 Å². The van der Waals surface area contributed by atoms with Gasteiger partial charge in [0, 0.05) is 37.7 Å². The van der Waals surface area contributed by atoms with Gasteiger partial charge in [-0.1, -0.05) is 24.3 Å². The van der Waals surface area contributed by atoms with Gasteiger partial charge in [0.15, 0.2) is 0 Å². The molecule has 2 saturated heterocycles. The van der Waals surface area contributed by atoms with Crippen LogP contribution in [0.3, 0.4) is 0 Å². The van der Waals surface area contributed by atoms with Crippen LogP contribution in [0.15, 0.2) is 53.3 Å². The number of carbonyl (C=O) groups is 1. The maximum absolute atomic E-state index is 13.1. The molecule has 4 heterocycles. The molecule has 156 valence electrons. The normalized spacial score (nSPS) is 23.5. The maximum atomic E-state index is 13.1. The fraction of sp³-hybridized carbons (Fsp3) is 0.417. The second-order valence-corrected chi connectivity index (χ2v) is 8.88. The molecule has 0 saturated carbocycles. The minimum Gasteiger partial charge on any atom is -0.464 e. The predicted octanol–water partition coefficient (Wildman–Crippen LogP) is 3.33. The Balaban J connectivity index is 1.48. The average Bonchev–Trinajstić information content (AvgIpc) is 3.41. The second-order valence-electron chi connectivity index (χ2n) is 8.88. The second kappa shape index (κ2) is 7.43. The number of furan rings is 1. The Hall–Kier alpha value is -2.86. The van der Waals surface area contributed by atoms with Crippen LogP contribution in [0.1, 0.15) is 17.2 Å². The third-order valence-electron chi connectivity index (χ3n) is 6.60. The lowest BCUT2D eigenvalue weighted by Crippen LogP contribution is -2.40. The van der Waals surface area contributed by atoms with E-state index in [0.29, 0.717) is 18.4 Å². The van der Waals surface area contributed by atoms with E-state index in [1.165, 1.54) is 11.1 Å². The molecular formula is C24H28N4O2. The molecule has 2 aromatic heterocycles. The van der Waals surface area contributed by atoms with Gasteiger partial charge in [0.2, 0.25) is 5.91 Å². The van der Waals surface area contributed by atoms with Crippen molar-refractivity contribution in [1.29, 1.82) is 0 Å². The SMILES string of the molecule is Cc1ccccc1[C@H]1[C@@H]2CN(c3nccc4occc34)C[C@@H]2CN1C(=O)CN(C)C. The highest BCUT2D eigenvalue weighted by atomic mass is 16.3. The van der Waals surface area contributed by atoms with Crippen LogP contribution in [-0.2, 0) is 4.79 Å². The molecule has 6 nitrogen and oxygen atoms in total. The fourth-order valence-electron chi connectivity index (χ4n) is 5.28. The molecule has 2 fully saturated rings. The maximum Gasteiger partial charge on any atom is 0.237 e. The quantitative estimate of drug-likeness (QED) is 0.668. The summed E-state index contributed by atoms with van der Waals surface area (Å²) in [7, 11) is 3.91. The first kappa shape index (κ1) is 19.1. The van der Waals surface area contributed by atoms with Gasteiger partial charge in [-0.25, -0.2) is 4.98 Å². The summed E-state index contributed by atoms with van der Waals surface area (Å²) < 4.78 is 5.58. The van der Waals surface area contributed by atoms with Crippen molar-refractivity contribution in [1.82, 2.24) is 14.8 Å². The zero-order valence-corrected chi connectivity index (χ0v) is 17.8. The summed E-state index contributed by atoms with van der Waals surface area (Å²) in [6.07, 6.45) is 3.55. The van der Waals surface area contributed by atoms with E-state index in [1.807, 2.05) is 37.3 Å². The van der Waals surface area contributed by atoms with Crippen molar-refractivity contribution in [2.24, 2.45) is 11.8 Å². The number of anilines is 1. The fourth-order valence-corrected chi connectivity index (χ4v) is 5.28. The molecule has 0 spiro atoms. The minimum absolute atomic E-state index is 0.109. The smallest absolute Gasteiger partial charge is 0.237 e. The van der Waals surface area contributed by atoms with Crippen molar-refractivity contribution in [3.8, 4) is 0 Å². The topological polar surface area (TPSA) is 52.8 Å². The van der Waals surface area contributed by atoms with E-state index in [-0.39, 0.29) is 11.9 Å². The molecule has 0 bridgehead atoms. The molecular weight excluding hydrogens is 376 g/mol. The van der Waals surface area contributed by atoms with Crippen molar-refractivity contribution in [3.05, 3.63) is 60.0 Å². The number of aryl methyl sites for hydroxylation is 1. The van der Waals surface area contributed by atoms with Gasteiger partial charge in [-0.05, 0) is 44.3 Å². The lowest BCUT2D eigenvalue weighted by Gasteiger charge is -2.32. The minimum atomic E-state index is 0.109. The van der Waals surface area contributed by atoms with Crippen molar-refractivity contribution in [3.63, 3.8) is 0 Å². The van der Waals surface area contributed by atoms with Crippen molar-refractivity contribution in [2.75, 3.05) is 45.2 Å². The number of hydrogen-bond acceptors (Lipinski definition) is 5. The van der Waals surface area contributed by atoms with Crippen LogP contribution in [0.5, 0.6) is 0 Å². The monoisotopic (exact) mass is 404 g/mol. The van der Waals surface area contributed by atoms with Crippen LogP contribution in [0.4, 0.5) is 5.82 Å². The Kier molecular flexibility index (Phi) is 4.74. The molecule has 0 aliphatic carbocycles. The molecule has 0 N–H and O–H groups in total. The van der Waals surface area contributed by atoms with E-state index in [4.69, 9.17) is 4.42 Å². The highest BCUT2D eigenvalue weighted by Crippen LogP contribution is 2.47. The summed E-state index contributed by atoms with van der Waals surface area (Å²) in [5.41, 5.74) is 3.39. The van der Waals surface area contributed by atoms with Crippen LogP contribution in [-0.4, -0.2) is 61.0 Å². The first-order chi connectivity index (χ1) is 14.5. The summed E-state index contributed by atoms with van der Waals surface area (Å²) in [4.78, 5) is 24.3. The van der Waals surface area contributed by atoms with E-state index in [2.05, 4.69) is 46.0 Å². The highest BCUT2D eigenvalue weighted by Gasteiger charge is 2.49. The number of amides is 1. The Morgan fingerprint density at radius 3 is 2.80 bits per heavy atom. The Labute approximate surface area is 177 Å². The third-order valence-corrected chi connectivity index (χ3v) is 6.60. The van der Waals surface area contributed by atoms with E-state index < -0.39 is 0 Å². The molecule has 30 heavy (non-hydrogen) atoms. The lowest BCUT2D eigenvalue weighted by molar-refractivity contribution is -0.133. The number of likely N-dealkylation sites (tertiary alicyclic amines) is 1. The van der Waals surface area contributed by atoms with Gasteiger partial charge in [0.25, 0.3) is 0 Å². The van der Waals surface area contributed by atoms with Gasteiger partial charge in [-0.3, -0.25) is 4.79 Å². The van der Waals surface area contributed by atoms with Gasteiger partial charge >= 0.3 is 0 Å². The highest BCUT2D eigenvalue weighted by molar-refractivity contribution is 5.88. The van der Waals surface area contributed by atoms with Crippen LogP contribution in [0.25, 0.3) is 11.0 Å². The van der Waals surface area contributed by atoms with Crippen molar-refractivity contribution in [2.45, 2.75) is 13.0 Å². The lowest BCUT2D eigenvalue weighted by atomic mass is 9.87. The zero-order valence-electron chi connectivity index (χ0n) is 17.8. The molecule has 2 aliphatic heterocycles. The molecule has 3 atom stereocenters. The number of pyridine rings is 1. The number of likely N-dealkylation sites (N-methyl/N-ethyl adjacent to an activating group) is 1. The molecule has 3 aromatic rings. The first-order valence-corrected chi connectivity index (χ1v) is 10.6. The Bertz CT molecular complexity index is 1080. The molecule has 5 rings (SSSR count). The number of fused-ring (bicyclic) bond motifs is 2. The predicted molar refractivity (Wildman–Crippen MR) is 117 cm³/mol. The summed E-state index contributed by atoms with van der Waals surface area (Å²) in [5, 5.41) is 1.06. The number of rotatable bonds is 4. The van der Waals surface area contributed by atoms with E-state index in [9.17, 15) is 4.79 Å². The van der Waals surface area contributed by atoms with E-state index in [1.54, 1.807) is 6.26 Å².